The number of hydrogen-bond donors (Lipinski definition) is 4. The number of thiophene rings is 2. The number of nitrogens with zero attached hydrogens (tertiary/aromatic N) is 4. The first kappa shape index (κ1) is 48.4. The molecule has 2 aromatic carbocycles. The van der Waals surface area contributed by atoms with E-state index in [0.29, 0.717) is 59.9 Å². The maximum absolute atomic E-state index is 12.5. The van der Waals surface area contributed by atoms with Crippen molar-refractivity contribution in [1.29, 1.82) is 10.8 Å². The molecule has 3 saturated heterocycles. The van der Waals surface area contributed by atoms with Crippen LogP contribution in [0.5, 0.6) is 0 Å². The minimum atomic E-state index is -3.62. The summed E-state index contributed by atoms with van der Waals surface area (Å²) in [6.07, 6.45) is 0.848. The number of rotatable bonds is 16. The van der Waals surface area contributed by atoms with E-state index in [-0.39, 0.29) is 48.7 Å². The van der Waals surface area contributed by atoms with Crippen LogP contribution in [0.3, 0.4) is 0 Å². The number of carbonyl (C=O) groups excluding carboxylic acids is 5. The lowest BCUT2D eigenvalue weighted by Crippen LogP contribution is -2.50. The van der Waals surface area contributed by atoms with E-state index in [9.17, 15) is 32.4 Å². The highest BCUT2D eigenvalue weighted by atomic mass is 32.2. The summed E-state index contributed by atoms with van der Waals surface area (Å²) in [5.41, 5.74) is 3.21. The van der Waals surface area contributed by atoms with Gasteiger partial charge < -0.3 is 24.8 Å². The van der Waals surface area contributed by atoms with Crippen molar-refractivity contribution in [3.8, 4) is 0 Å². The molecule has 4 aromatic rings. The Labute approximate surface area is 384 Å². The van der Waals surface area contributed by atoms with Crippen molar-refractivity contribution in [3.63, 3.8) is 0 Å². The van der Waals surface area contributed by atoms with Crippen molar-refractivity contribution < 1.29 is 50.8 Å². The SMILES string of the molecule is CCCCOC(=O)CN1CCN(CC2CN(c3ccc(C(=N)NC(=O)c4ccsc4)cc3)C(=O)O2)CC1.CS(=O)(=O)OCC1CN(c2ccc(C(=N)NC(=O)c3ccsc3)cc2)C(=O)O1. The molecular weight excluding hydrogens is 901 g/mol. The average Bonchev–Trinajstić information content (AvgIpc) is 4.13. The van der Waals surface area contributed by atoms with Crippen molar-refractivity contribution in [3.05, 3.63) is 104 Å². The molecule has 0 radical (unpaired) electrons. The molecular formula is C43H50N8O11S3. The fourth-order valence-electron chi connectivity index (χ4n) is 6.74. The fourth-order valence-corrected chi connectivity index (χ4v) is 8.41. The van der Waals surface area contributed by atoms with Gasteiger partial charge in [0.25, 0.3) is 21.9 Å². The number of carbonyl (C=O) groups is 5. The smallest absolute Gasteiger partial charge is 0.414 e. The van der Waals surface area contributed by atoms with Crippen LogP contribution < -0.4 is 20.4 Å². The van der Waals surface area contributed by atoms with E-state index in [4.69, 9.17) is 25.0 Å². The van der Waals surface area contributed by atoms with Gasteiger partial charge in [-0.1, -0.05) is 13.3 Å². The van der Waals surface area contributed by atoms with Crippen LogP contribution in [0.4, 0.5) is 21.0 Å². The highest BCUT2D eigenvalue weighted by Crippen LogP contribution is 2.24. The molecule has 3 fully saturated rings. The second-order valence-electron chi connectivity index (χ2n) is 15.1. The first-order valence-corrected chi connectivity index (χ1v) is 24.3. The van der Waals surface area contributed by atoms with Gasteiger partial charge in [-0.2, -0.15) is 31.1 Å². The summed E-state index contributed by atoms with van der Waals surface area (Å²) in [5, 5.41) is 28.3. The molecule has 0 spiro atoms. The van der Waals surface area contributed by atoms with Gasteiger partial charge in [0.15, 0.2) is 0 Å². The third kappa shape index (κ3) is 14.2. The summed E-state index contributed by atoms with van der Waals surface area (Å²) in [6, 6.07) is 16.7. The first-order chi connectivity index (χ1) is 31.1. The standard InChI is InChI=1S/C26H33N5O5S.C17H17N3O6S2/c1-2-3-13-35-23(32)17-30-11-9-29(10-12-30)15-22-16-31(26(34)36-22)21-6-4-19(5-7-21)24(27)28-25(33)20-8-14-37-18-20;1-28(23,24)25-9-14-8-20(17(22)26-14)13-4-2-11(3-5-13)15(18)19-16(21)12-6-7-27-10-12/h4-8,14,18,22H,2-3,9-13,15-17H2,1H3,(H2,27,28,33);2-7,10,14H,8-9H2,1H3,(H2,18,19,21). The van der Waals surface area contributed by atoms with Crippen LogP contribution in [0.25, 0.3) is 0 Å². The number of cyclic esters (lactones) is 2. The molecule has 2 aromatic heterocycles. The van der Waals surface area contributed by atoms with Gasteiger partial charge in [-0.3, -0.25) is 49.0 Å². The van der Waals surface area contributed by atoms with Gasteiger partial charge >= 0.3 is 18.2 Å². The Morgan fingerprint density at radius 1 is 0.723 bits per heavy atom. The number of piperazine rings is 1. The van der Waals surface area contributed by atoms with Crippen LogP contribution in [0.2, 0.25) is 0 Å². The van der Waals surface area contributed by atoms with Gasteiger partial charge in [0.1, 0.15) is 30.5 Å². The zero-order valence-electron chi connectivity index (χ0n) is 35.7. The number of benzene rings is 2. The molecule has 0 aliphatic carbocycles. The van der Waals surface area contributed by atoms with Crippen molar-refractivity contribution >= 4 is 85.8 Å². The Morgan fingerprint density at radius 3 is 1.66 bits per heavy atom. The minimum absolute atomic E-state index is 0.00186. The first-order valence-electron chi connectivity index (χ1n) is 20.6. The van der Waals surface area contributed by atoms with Crippen LogP contribution in [0.1, 0.15) is 51.6 Å². The summed E-state index contributed by atoms with van der Waals surface area (Å²) in [5.74, 6) is -0.932. The second kappa shape index (κ2) is 22.7. The molecule has 22 heteroatoms. The van der Waals surface area contributed by atoms with Gasteiger partial charge in [0.2, 0.25) is 0 Å². The van der Waals surface area contributed by atoms with Gasteiger partial charge in [0, 0.05) is 66.0 Å². The molecule has 0 bridgehead atoms. The summed E-state index contributed by atoms with van der Waals surface area (Å²) in [4.78, 5) is 67.9. The van der Waals surface area contributed by atoms with Crippen molar-refractivity contribution in [2.75, 3.05) is 81.6 Å². The molecule has 2 atom stereocenters. The predicted octanol–water partition coefficient (Wildman–Crippen LogP) is 4.59. The third-order valence-electron chi connectivity index (χ3n) is 10.2. The average molecular weight is 951 g/mol. The second-order valence-corrected chi connectivity index (χ2v) is 18.4. The maximum atomic E-state index is 12.5. The van der Waals surface area contributed by atoms with E-state index in [0.717, 1.165) is 45.3 Å². The summed E-state index contributed by atoms with van der Waals surface area (Å²) in [6.45, 7) is 6.95. The van der Waals surface area contributed by atoms with Gasteiger partial charge in [0.05, 0.1) is 43.6 Å². The molecule has 3 aliphatic rings. The van der Waals surface area contributed by atoms with Crippen molar-refractivity contribution in [2.24, 2.45) is 0 Å². The van der Waals surface area contributed by atoms with E-state index < -0.39 is 28.4 Å². The number of amidine groups is 2. The number of anilines is 2. The number of amides is 4. The highest BCUT2D eigenvalue weighted by molar-refractivity contribution is 7.86. The number of nitrogens with one attached hydrogen (secondary N) is 4. The lowest BCUT2D eigenvalue weighted by Gasteiger charge is -2.34. The normalized spacial score (nSPS) is 17.7. The van der Waals surface area contributed by atoms with Crippen molar-refractivity contribution in [2.45, 2.75) is 32.0 Å². The highest BCUT2D eigenvalue weighted by Gasteiger charge is 2.35. The molecule has 5 heterocycles. The molecule has 65 heavy (non-hydrogen) atoms. The van der Waals surface area contributed by atoms with Crippen LogP contribution in [-0.2, 0) is 33.3 Å². The molecule has 0 saturated carbocycles. The number of hydrogen-bond acceptors (Lipinski definition) is 17. The Balaban J connectivity index is 0.000000224. The zero-order valence-corrected chi connectivity index (χ0v) is 38.2. The monoisotopic (exact) mass is 950 g/mol. The summed E-state index contributed by atoms with van der Waals surface area (Å²) < 4.78 is 42.7. The Hall–Kier alpha value is -6.04. The quantitative estimate of drug-likeness (QED) is 0.0301. The van der Waals surface area contributed by atoms with Gasteiger partial charge in [-0.25, -0.2) is 9.59 Å². The van der Waals surface area contributed by atoms with Crippen LogP contribution in [-0.4, -0.2) is 144 Å². The maximum Gasteiger partial charge on any atom is 0.414 e. The van der Waals surface area contributed by atoms with E-state index >= 15 is 0 Å². The predicted molar refractivity (Wildman–Crippen MR) is 245 cm³/mol. The molecule has 3 aliphatic heterocycles. The van der Waals surface area contributed by atoms with Gasteiger partial charge in [-0.15, -0.1) is 0 Å². The van der Waals surface area contributed by atoms with Crippen LogP contribution in [0, 0.1) is 10.8 Å². The Kier molecular flexibility index (Phi) is 16.9. The summed E-state index contributed by atoms with van der Waals surface area (Å²) in [7, 11) is -3.62. The number of unbranched alkanes of at least 4 members (excludes halogenated alkanes) is 1. The fraction of sp³-hybridized carbons (Fsp3) is 0.372. The van der Waals surface area contributed by atoms with Crippen LogP contribution in [0.15, 0.2) is 82.2 Å². The topological polar surface area (TPSA) is 241 Å². The van der Waals surface area contributed by atoms with Gasteiger partial charge in [-0.05, 0) is 77.8 Å². The van der Waals surface area contributed by atoms with Crippen LogP contribution >= 0.6 is 22.7 Å². The minimum Gasteiger partial charge on any atom is -0.465 e. The number of esters is 1. The molecule has 7 rings (SSSR count). The molecule has 346 valence electrons. The molecule has 4 N–H and O–H groups in total. The van der Waals surface area contributed by atoms with Crippen molar-refractivity contribution in [1.82, 2.24) is 20.4 Å². The zero-order chi connectivity index (χ0) is 46.5. The largest absolute Gasteiger partial charge is 0.465 e. The third-order valence-corrected chi connectivity index (χ3v) is 12.2. The number of ether oxygens (including phenoxy) is 3. The molecule has 2 unspecified atom stereocenters. The molecule has 4 amide bonds. The Bertz CT molecular complexity index is 2410. The summed E-state index contributed by atoms with van der Waals surface area (Å²) >= 11 is 2.81. The van der Waals surface area contributed by atoms with E-state index in [1.165, 1.54) is 27.6 Å². The van der Waals surface area contributed by atoms with E-state index in [1.54, 1.807) is 81.7 Å². The van der Waals surface area contributed by atoms with E-state index in [2.05, 4.69) is 31.5 Å². The molecule has 19 nitrogen and oxygen atoms in total. The lowest BCUT2D eigenvalue weighted by atomic mass is 10.1. The Morgan fingerprint density at radius 2 is 1.20 bits per heavy atom. The lowest BCUT2D eigenvalue weighted by molar-refractivity contribution is -0.145. The van der Waals surface area contributed by atoms with E-state index in [1.807, 2.05) is 5.38 Å².